The number of carbonyl (C=O) groups excluding carboxylic acids is 1. The normalized spacial score (nSPS) is 32.6. The van der Waals surface area contributed by atoms with Gasteiger partial charge in [-0.2, -0.15) is 0 Å². The van der Waals surface area contributed by atoms with Gasteiger partial charge in [-0.05, 0) is 50.6 Å². The van der Waals surface area contributed by atoms with E-state index < -0.39 is 0 Å². The molecule has 1 aliphatic carbocycles. The van der Waals surface area contributed by atoms with Crippen molar-refractivity contribution in [3.05, 3.63) is 0 Å². The molecule has 1 heterocycles. The molecule has 0 unspecified atom stereocenters. The lowest BCUT2D eigenvalue weighted by Gasteiger charge is -2.32. The van der Waals surface area contributed by atoms with E-state index in [4.69, 9.17) is 0 Å². The maximum absolute atomic E-state index is 12.2. The number of hydrogen-bond acceptors (Lipinski definition) is 2. The van der Waals surface area contributed by atoms with Crippen LogP contribution in [0.1, 0.15) is 52.4 Å². The maximum Gasteiger partial charge on any atom is 0.149 e. The molecule has 0 radical (unpaired) electrons. The summed E-state index contributed by atoms with van der Waals surface area (Å²) in [5.74, 6) is 2.60. The van der Waals surface area contributed by atoms with Gasteiger partial charge in [0.05, 0.1) is 6.54 Å². The van der Waals surface area contributed by atoms with Crippen molar-refractivity contribution >= 4 is 5.78 Å². The Morgan fingerprint density at radius 3 is 2.06 bits per heavy atom. The molecule has 2 nitrogen and oxygen atoms in total. The van der Waals surface area contributed by atoms with Crippen molar-refractivity contribution in [3.8, 4) is 0 Å². The van der Waals surface area contributed by atoms with E-state index in [1.807, 2.05) is 0 Å². The molecule has 1 aliphatic heterocycles. The molecule has 17 heavy (non-hydrogen) atoms. The Morgan fingerprint density at radius 1 is 0.941 bits per heavy atom. The molecule has 1 saturated carbocycles. The molecule has 0 amide bonds. The summed E-state index contributed by atoms with van der Waals surface area (Å²) >= 11 is 0. The zero-order chi connectivity index (χ0) is 12.3. The number of piperidine rings is 1. The molecular weight excluding hydrogens is 210 g/mol. The summed E-state index contributed by atoms with van der Waals surface area (Å²) in [4.78, 5) is 14.6. The summed E-state index contributed by atoms with van der Waals surface area (Å²) in [6, 6.07) is 0. The zero-order valence-electron chi connectivity index (χ0n) is 11.5. The van der Waals surface area contributed by atoms with Crippen LogP contribution in [0.15, 0.2) is 0 Å². The van der Waals surface area contributed by atoms with Gasteiger partial charge in [-0.15, -0.1) is 0 Å². The van der Waals surface area contributed by atoms with Crippen molar-refractivity contribution in [2.24, 2.45) is 17.8 Å². The van der Waals surface area contributed by atoms with Gasteiger partial charge in [0.1, 0.15) is 5.78 Å². The van der Waals surface area contributed by atoms with Crippen LogP contribution in [0, 0.1) is 17.8 Å². The van der Waals surface area contributed by atoms with Crippen LogP contribution in [0.4, 0.5) is 0 Å². The Labute approximate surface area is 106 Å². The van der Waals surface area contributed by atoms with Crippen LogP contribution in [0.5, 0.6) is 0 Å². The highest BCUT2D eigenvalue weighted by Crippen LogP contribution is 2.29. The number of rotatable bonds is 3. The molecule has 0 aromatic heterocycles. The molecule has 98 valence electrons. The van der Waals surface area contributed by atoms with E-state index in [0.717, 1.165) is 44.3 Å². The molecule has 0 aromatic carbocycles. The summed E-state index contributed by atoms with van der Waals surface area (Å²) in [5, 5.41) is 0. The number of carbonyl (C=O) groups is 1. The van der Waals surface area contributed by atoms with Gasteiger partial charge in [0.25, 0.3) is 0 Å². The monoisotopic (exact) mass is 237 g/mol. The summed E-state index contributed by atoms with van der Waals surface area (Å²) < 4.78 is 0. The van der Waals surface area contributed by atoms with Crippen LogP contribution in [0.25, 0.3) is 0 Å². The first-order chi connectivity index (χ1) is 8.15. The maximum atomic E-state index is 12.2. The first-order valence-corrected chi connectivity index (χ1v) is 7.40. The fourth-order valence-electron chi connectivity index (χ4n) is 3.15. The van der Waals surface area contributed by atoms with Gasteiger partial charge in [-0.25, -0.2) is 0 Å². The second-order valence-corrected chi connectivity index (χ2v) is 6.38. The predicted molar refractivity (Wildman–Crippen MR) is 71.0 cm³/mol. The summed E-state index contributed by atoms with van der Waals surface area (Å²) in [6.07, 6.45) is 7.35. The third kappa shape index (κ3) is 3.80. The van der Waals surface area contributed by atoms with Crippen molar-refractivity contribution in [1.29, 1.82) is 0 Å². The van der Waals surface area contributed by atoms with Crippen molar-refractivity contribution < 1.29 is 4.79 Å². The number of ketones is 1. The molecule has 2 heteroatoms. The van der Waals surface area contributed by atoms with E-state index in [0.29, 0.717) is 11.7 Å². The minimum atomic E-state index is 0.380. The molecule has 2 fully saturated rings. The lowest BCUT2D eigenvalue weighted by molar-refractivity contribution is -0.125. The van der Waals surface area contributed by atoms with E-state index in [1.54, 1.807) is 0 Å². The fraction of sp³-hybridized carbons (Fsp3) is 0.933. The van der Waals surface area contributed by atoms with Crippen molar-refractivity contribution in [2.45, 2.75) is 52.4 Å². The van der Waals surface area contributed by atoms with Crippen molar-refractivity contribution in [1.82, 2.24) is 4.90 Å². The standard InChI is InChI=1S/C15H27NO/c1-12-3-5-14(6-4-12)15(17)11-16-9-7-13(2)8-10-16/h12-14H,3-11H2,1-2H3. The predicted octanol–water partition coefficient (Wildman–Crippen LogP) is 3.11. The van der Waals surface area contributed by atoms with Crippen LogP contribution in [-0.2, 0) is 4.79 Å². The van der Waals surface area contributed by atoms with Crippen LogP contribution in [-0.4, -0.2) is 30.3 Å². The number of nitrogens with zero attached hydrogens (tertiary/aromatic N) is 1. The van der Waals surface area contributed by atoms with Gasteiger partial charge >= 0.3 is 0 Å². The average Bonchev–Trinajstić information content (AvgIpc) is 2.33. The molecule has 2 aliphatic rings. The SMILES string of the molecule is CC1CCC(C(=O)CN2CCC(C)CC2)CC1. The molecule has 0 N–H and O–H groups in total. The second-order valence-electron chi connectivity index (χ2n) is 6.38. The molecular formula is C15H27NO. The first-order valence-electron chi connectivity index (χ1n) is 7.40. The van der Waals surface area contributed by atoms with Gasteiger partial charge in [0.15, 0.2) is 0 Å². The Hall–Kier alpha value is -0.370. The van der Waals surface area contributed by atoms with Gasteiger partial charge in [0, 0.05) is 5.92 Å². The van der Waals surface area contributed by atoms with Crippen LogP contribution in [0.2, 0.25) is 0 Å². The molecule has 0 spiro atoms. The zero-order valence-corrected chi connectivity index (χ0v) is 11.5. The summed E-state index contributed by atoms with van der Waals surface area (Å²) in [5.41, 5.74) is 0. The van der Waals surface area contributed by atoms with E-state index in [9.17, 15) is 4.79 Å². The minimum absolute atomic E-state index is 0.380. The summed E-state index contributed by atoms with van der Waals surface area (Å²) in [6.45, 7) is 7.63. The van der Waals surface area contributed by atoms with Gasteiger partial charge in [0.2, 0.25) is 0 Å². The third-order valence-corrected chi connectivity index (χ3v) is 4.73. The molecule has 0 bridgehead atoms. The minimum Gasteiger partial charge on any atom is -0.298 e. The highest BCUT2D eigenvalue weighted by molar-refractivity contribution is 5.83. The lowest BCUT2D eigenvalue weighted by Crippen LogP contribution is -2.39. The molecule has 2 rings (SSSR count). The van der Waals surface area contributed by atoms with Gasteiger partial charge < -0.3 is 0 Å². The second kappa shape index (κ2) is 5.99. The molecule has 1 saturated heterocycles. The van der Waals surface area contributed by atoms with E-state index >= 15 is 0 Å². The molecule has 0 atom stereocenters. The number of Topliss-reactive ketones (excluding diaryl/α,β-unsaturated/α-hetero) is 1. The largest absolute Gasteiger partial charge is 0.298 e. The molecule has 0 aromatic rings. The van der Waals surface area contributed by atoms with Crippen molar-refractivity contribution in [3.63, 3.8) is 0 Å². The average molecular weight is 237 g/mol. The van der Waals surface area contributed by atoms with Crippen LogP contribution in [0.3, 0.4) is 0 Å². The highest BCUT2D eigenvalue weighted by atomic mass is 16.1. The van der Waals surface area contributed by atoms with Crippen LogP contribution >= 0.6 is 0 Å². The summed E-state index contributed by atoms with van der Waals surface area (Å²) in [7, 11) is 0. The van der Waals surface area contributed by atoms with Gasteiger partial charge in [-0.1, -0.05) is 26.7 Å². The highest BCUT2D eigenvalue weighted by Gasteiger charge is 2.26. The Kier molecular flexibility index (Phi) is 4.61. The smallest absolute Gasteiger partial charge is 0.149 e. The number of hydrogen-bond donors (Lipinski definition) is 0. The Bertz CT molecular complexity index is 248. The Morgan fingerprint density at radius 2 is 1.47 bits per heavy atom. The van der Waals surface area contributed by atoms with E-state index in [-0.39, 0.29) is 0 Å². The first kappa shape index (κ1) is 13.1. The van der Waals surface area contributed by atoms with Crippen molar-refractivity contribution in [2.75, 3.05) is 19.6 Å². The lowest BCUT2D eigenvalue weighted by atomic mass is 9.80. The van der Waals surface area contributed by atoms with Gasteiger partial charge in [-0.3, -0.25) is 9.69 Å². The Balaban J connectivity index is 1.73. The third-order valence-electron chi connectivity index (χ3n) is 4.73. The topological polar surface area (TPSA) is 20.3 Å². The fourth-order valence-corrected chi connectivity index (χ4v) is 3.15. The van der Waals surface area contributed by atoms with Crippen LogP contribution < -0.4 is 0 Å². The van der Waals surface area contributed by atoms with E-state index in [2.05, 4.69) is 18.7 Å². The number of likely N-dealkylation sites (tertiary alicyclic amines) is 1. The quantitative estimate of drug-likeness (QED) is 0.751. The van der Waals surface area contributed by atoms with E-state index in [1.165, 1.54) is 25.7 Å².